The number of nitrogens with zero attached hydrogens (tertiary/aromatic N) is 1. The zero-order valence-electron chi connectivity index (χ0n) is 17.1. The van der Waals surface area contributed by atoms with Gasteiger partial charge in [0.25, 0.3) is 0 Å². The average molecular weight is 432 g/mol. The third kappa shape index (κ3) is 5.46. The van der Waals surface area contributed by atoms with Gasteiger partial charge in [0.1, 0.15) is 11.6 Å². The molecule has 6 nitrogen and oxygen atoms in total. The Hall–Kier alpha value is -2.71. The second kappa shape index (κ2) is 10.4. The molecule has 0 saturated carbocycles. The Balaban J connectivity index is 1.74. The molecule has 3 rings (SSSR count). The van der Waals surface area contributed by atoms with Crippen LogP contribution in [0, 0.1) is 11.7 Å². The molecule has 1 aliphatic heterocycles. The van der Waals surface area contributed by atoms with Crippen LogP contribution >= 0.6 is 12.2 Å². The van der Waals surface area contributed by atoms with Gasteiger partial charge in [-0.1, -0.05) is 12.1 Å². The van der Waals surface area contributed by atoms with Gasteiger partial charge in [0, 0.05) is 38.3 Å². The summed E-state index contributed by atoms with van der Waals surface area (Å²) >= 11 is 5.59. The van der Waals surface area contributed by atoms with E-state index in [-0.39, 0.29) is 23.6 Å². The number of benzene rings is 2. The molecule has 2 unspecified atom stereocenters. The molecule has 2 N–H and O–H groups in total. The summed E-state index contributed by atoms with van der Waals surface area (Å²) in [5.41, 5.74) is 1.62. The zero-order valence-corrected chi connectivity index (χ0v) is 17.9. The van der Waals surface area contributed by atoms with Gasteiger partial charge in [0.05, 0.1) is 19.6 Å². The molecule has 30 heavy (non-hydrogen) atoms. The van der Waals surface area contributed by atoms with Crippen LogP contribution in [0.15, 0.2) is 48.5 Å². The van der Waals surface area contributed by atoms with E-state index in [1.165, 1.54) is 12.1 Å². The van der Waals surface area contributed by atoms with E-state index in [1.54, 1.807) is 20.3 Å². The van der Waals surface area contributed by atoms with Gasteiger partial charge in [-0.15, -0.1) is 0 Å². The second-order valence-electron chi connectivity index (χ2n) is 7.12. The summed E-state index contributed by atoms with van der Waals surface area (Å²) in [6.07, 6.45) is 0. The molecule has 2 aromatic carbocycles. The van der Waals surface area contributed by atoms with Gasteiger partial charge in [0.15, 0.2) is 5.11 Å². The number of thiocarbonyl (C=S) groups is 1. The van der Waals surface area contributed by atoms with Crippen molar-refractivity contribution in [3.8, 4) is 5.75 Å². The summed E-state index contributed by atoms with van der Waals surface area (Å²) < 4.78 is 24.0. The van der Waals surface area contributed by atoms with Crippen molar-refractivity contribution >= 4 is 28.9 Å². The Morgan fingerprint density at radius 3 is 2.63 bits per heavy atom. The predicted octanol–water partition coefficient (Wildman–Crippen LogP) is 3.01. The highest BCUT2D eigenvalue weighted by molar-refractivity contribution is 7.80. The van der Waals surface area contributed by atoms with Gasteiger partial charge in [-0.25, -0.2) is 4.39 Å². The monoisotopic (exact) mass is 431 g/mol. The highest BCUT2D eigenvalue weighted by atomic mass is 32.1. The van der Waals surface area contributed by atoms with Crippen molar-refractivity contribution in [1.82, 2.24) is 10.2 Å². The number of likely N-dealkylation sites (tertiary alicyclic amines) is 1. The number of anilines is 1. The summed E-state index contributed by atoms with van der Waals surface area (Å²) in [4.78, 5) is 14.8. The van der Waals surface area contributed by atoms with Gasteiger partial charge in [0.2, 0.25) is 5.91 Å². The quantitative estimate of drug-likeness (QED) is 0.519. The van der Waals surface area contributed by atoms with Gasteiger partial charge in [-0.2, -0.15) is 0 Å². The molecule has 0 radical (unpaired) electrons. The van der Waals surface area contributed by atoms with Crippen LogP contribution in [0.2, 0.25) is 0 Å². The fourth-order valence-electron chi connectivity index (χ4n) is 3.59. The van der Waals surface area contributed by atoms with Crippen molar-refractivity contribution in [2.75, 3.05) is 45.8 Å². The lowest BCUT2D eigenvalue weighted by atomic mass is 9.88. The molecular weight excluding hydrogens is 405 g/mol. The van der Waals surface area contributed by atoms with Crippen LogP contribution in [0.3, 0.4) is 0 Å². The SMILES string of the molecule is COCCNC(=O)C1CN(C(=S)Nc2ccc(OC)cc2)CC1c1cccc(F)c1. The van der Waals surface area contributed by atoms with E-state index in [1.807, 2.05) is 35.2 Å². The molecule has 2 aromatic rings. The number of amides is 1. The van der Waals surface area contributed by atoms with Crippen molar-refractivity contribution in [1.29, 1.82) is 0 Å². The minimum atomic E-state index is -0.348. The highest BCUT2D eigenvalue weighted by Gasteiger charge is 2.39. The number of carbonyl (C=O) groups excluding carboxylic acids is 1. The van der Waals surface area contributed by atoms with Crippen molar-refractivity contribution in [3.63, 3.8) is 0 Å². The molecular formula is C22H26FN3O3S. The largest absolute Gasteiger partial charge is 0.497 e. The lowest BCUT2D eigenvalue weighted by Gasteiger charge is -2.20. The van der Waals surface area contributed by atoms with Crippen molar-refractivity contribution in [2.45, 2.75) is 5.92 Å². The molecule has 0 aliphatic carbocycles. The minimum Gasteiger partial charge on any atom is -0.497 e. The number of hydrogen-bond donors (Lipinski definition) is 2. The molecule has 0 bridgehead atoms. The number of nitrogens with one attached hydrogen (secondary N) is 2. The number of halogens is 1. The molecule has 0 spiro atoms. The van der Waals surface area contributed by atoms with Crippen LogP contribution in [-0.4, -0.2) is 56.4 Å². The molecule has 1 fully saturated rings. The maximum Gasteiger partial charge on any atom is 0.225 e. The maximum atomic E-state index is 13.8. The van der Waals surface area contributed by atoms with E-state index in [0.717, 1.165) is 17.0 Å². The molecule has 0 aromatic heterocycles. The first-order valence-corrected chi connectivity index (χ1v) is 10.1. The highest BCUT2D eigenvalue weighted by Crippen LogP contribution is 2.33. The second-order valence-corrected chi connectivity index (χ2v) is 7.50. The van der Waals surface area contributed by atoms with Crippen molar-refractivity contribution < 1.29 is 18.7 Å². The molecule has 160 valence electrons. The smallest absolute Gasteiger partial charge is 0.225 e. The lowest BCUT2D eigenvalue weighted by molar-refractivity contribution is -0.125. The number of carbonyl (C=O) groups is 1. The van der Waals surface area contributed by atoms with Crippen LogP contribution in [0.4, 0.5) is 10.1 Å². The summed E-state index contributed by atoms with van der Waals surface area (Å²) in [5, 5.41) is 6.63. The normalized spacial score (nSPS) is 18.2. The summed E-state index contributed by atoms with van der Waals surface area (Å²) in [7, 11) is 3.20. The standard InChI is InChI=1S/C22H26FN3O3S/c1-28-11-10-24-21(27)20-14-26(13-19(20)15-4-3-5-16(23)12-15)22(30)25-17-6-8-18(29-2)9-7-17/h3-9,12,19-20H,10-11,13-14H2,1-2H3,(H,24,27)(H,25,30). The van der Waals surface area contributed by atoms with Crippen LogP contribution < -0.4 is 15.4 Å². The van der Waals surface area contributed by atoms with E-state index < -0.39 is 0 Å². The Kier molecular flexibility index (Phi) is 7.59. The molecule has 2 atom stereocenters. The average Bonchev–Trinajstić information content (AvgIpc) is 3.20. The van der Waals surface area contributed by atoms with Crippen LogP contribution in [0.25, 0.3) is 0 Å². The number of rotatable bonds is 7. The number of methoxy groups -OCH3 is 2. The first-order chi connectivity index (χ1) is 14.5. The Labute approximate surface area is 181 Å². The molecule has 1 saturated heterocycles. The van der Waals surface area contributed by atoms with Crippen molar-refractivity contribution in [2.24, 2.45) is 5.92 Å². The number of hydrogen-bond acceptors (Lipinski definition) is 4. The Morgan fingerprint density at radius 1 is 1.20 bits per heavy atom. The third-order valence-electron chi connectivity index (χ3n) is 5.17. The molecule has 1 amide bonds. The zero-order chi connectivity index (χ0) is 21.5. The Bertz CT molecular complexity index is 878. The van der Waals surface area contributed by atoms with E-state index in [0.29, 0.717) is 31.4 Å². The van der Waals surface area contributed by atoms with Crippen molar-refractivity contribution in [3.05, 3.63) is 59.9 Å². The van der Waals surface area contributed by atoms with E-state index in [2.05, 4.69) is 10.6 Å². The van der Waals surface area contributed by atoms with Crippen LogP contribution in [0.5, 0.6) is 5.75 Å². The van der Waals surface area contributed by atoms with E-state index in [9.17, 15) is 9.18 Å². The predicted molar refractivity (Wildman–Crippen MR) is 118 cm³/mol. The van der Waals surface area contributed by atoms with E-state index >= 15 is 0 Å². The van der Waals surface area contributed by atoms with Gasteiger partial charge >= 0.3 is 0 Å². The van der Waals surface area contributed by atoms with Crippen LogP contribution in [0.1, 0.15) is 11.5 Å². The summed E-state index contributed by atoms with van der Waals surface area (Å²) in [6, 6.07) is 13.9. The first kappa shape index (κ1) is 22.0. The third-order valence-corrected chi connectivity index (χ3v) is 5.53. The Morgan fingerprint density at radius 2 is 1.97 bits per heavy atom. The maximum absolute atomic E-state index is 13.8. The fraction of sp³-hybridized carbons (Fsp3) is 0.364. The van der Waals surface area contributed by atoms with E-state index in [4.69, 9.17) is 21.7 Å². The number of ether oxygens (including phenoxy) is 2. The topological polar surface area (TPSA) is 62.8 Å². The molecule has 8 heteroatoms. The minimum absolute atomic E-state index is 0.0870. The van der Waals surface area contributed by atoms with Crippen LogP contribution in [-0.2, 0) is 9.53 Å². The summed E-state index contributed by atoms with van der Waals surface area (Å²) in [6.45, 7) is 1.83. The molecule has 1 heterocycles. The fourth-order valence-corrected chi connectivity index (χ4v) is 3.86. The first-order valence-electron chi connectivity index (χ1n) is 9.74. The molecule has 1 aliphatic rings. The van der Waals surface area contributed by atoms with Gasteiger partial charge in [-0.3, -0.25) is 4.79 Å². The van der Waals surface area contributed by atoms with Gasteiger partial charge in [-0.05, 0) is 54.2 Å². The van der Waals surface area contributed by atoms with Gasteiger partial charge < -0.3 is 25.0 Å². The lowest BCUT2D eigenvalue weighted by Crippen LogP contribution is -2.37. The summed E-state index contributed by atoms with van der Waals surface area (Å²) in [5.74, 6) is -0.163.